The van der Waals surface area contributed by atoms with Gasteiger partial charge in [-0.15, -0.1) is 0 Å². The number of rotatable bonds is 12. The molecule has 0 radical (unpaired) electrons. The summed E-state index contributed by atoms with van der Waals surface area (Å²) < 4.78 is 0. The van der Waals surface area contributed by atoms with Gasteiger partial charge in [-0.25, -0.2) is 0 Å². The SMILES string of the molecule is CCCCC(CC)CC1(CC(CC)CCCC)CCCC1=O.NC=O.[Zr]. The van der Waals surface area contributed by atoms with E-state index in [0.29, 0.717) is 5.78 Å². The number of carbonyl (C=O) groups excluding carboxylic acids is 2. The molecule has 0 spiro atoms. The molecule has 1 amide bonds. The summed E-state index contributed by atoms with van der Waals surface area (Å²) in [6.07, 6.45) is 16.2. The largest absolute Gasteiger partial charge is 0.372 e. The second-order valence-electron chi connectivity index (χ2n) is 7.93. The van der Waals surface area contributed by atoms with Gasteiger partial charge in [0.2, 0.25) is 6.41 Å². The van der Waals surface area contributed by atoms with Crippen molar-refractivity contribution in [2.75, 3.05) is 0 Å². The van der Waals surface area contributed by atoms with Crippen LogP contribution in [0.2, 0.25) is 0 Å². The van der Waals surface area contributed by atoms with Gasteiger partial charge < -0.3 is 5.73 Å². The first kappa shape index (κ1) is 28.2. The van der Waals surface area contributed by atoms with E-state index >= 15 is 0 Å². The number of Topliss-reactive ketones (excluding diaryl/α,β-unsaturated/α-hetero) is 1. The van der Waals surface area contributed by atoms with Crippen LogP contribution in [0.15, 0.2) is 0 Å². The Morgan fingerprint density at radius 1 is 1.00 bits per heavy atom. The van der Waals surface area contributed by atoms with Crippen molar-refractivity contribution in [3.63, 3.8) is 0 Å². The zero-order chi connectivity index (χ0) is 19.1. The van der Waals surface area contributed by atoms with Crippen LogP contribution in [0.3, 0.4) is 0 Å². The van der Waals surface area contributed by atoms with Gasteiger partial charge in [0.1, 0.15) is 5.78 Å². The van der Waals surface area contributed by atoms with Crippen molar-refractivity contribution in [3.8, 4) is 0 Å². The van der Waals surface area contributed by atoms with Gasteiger partial charge in [0.15, 0.2) is 0 Å². The average molecular weight is 445 g/mol. The van der Waals surface area contributed by atoms with E-state index < -0.39 is 0 Å². The number of hydrogen-bond acceptors (Lipinski definition) is 2. The van der Waals surface area contributed by atoms with Crippen molar-refractivity contribution in [2.24, 2.45) is 23.0 Å². The maximum Gasteiger partial charge on any atom is 0.204 e. The van der Waals surface area contributed by atoms with E-state index in [9.17, 15) is 4.79 Å². The Labute approximate surface area is 181 Å². The third-order valence-electron chi connectivity index (χ3n) is 6.10. The summed E-state index contributed by atoms with van der Waals surface area (Å²) in [5, 5.41) is 0. The minimum absolute atomic E-state index is 0. The van der Waals surface area contributed by atoms with Gasteiger partial charge in [-0.3, -0.25) is 9.59 Å². The molecule has 26 heavy (non-hydrogen) atoms. The fraction of sp³-hybridized carbons (Fsp3) is 0.909. The number of amides is 1. The number of carbonyl (C=O) groups is 2. The molecule has 2 atom stereocenters. The van der Waals surface area contributed by atoms with Crippen LogP contribution in [0, 0.1) is 17.3 Å². The van der Waals surface area contributed by atoms with Crippen LogP contribution in [0.25, 0.3) is 0 Å². The standard InChI is InChI=1S/C21H40O.CH3NO.Zr/c1-5-9-12-18(7-3)16-21(15-11-14-20(21)22)17-19(8-4)13-10-6-2;2-1-3;/h18-19H,5-17H2,1-4H3;1H,(H2,2,3);. The molecule has 1 fully saturated rings. The summed E-state index contributed by atoms with van der Waals surface area (Å²) >= 11 is 0. The zero-order valence-corrected chi connectivity index (χ0v) is 20.3. The van der Waals surface area contributed by atoms with Gasteiger partial charge in [0, 0.05) is 38.0 Å². The van der Waals surface area contributed by atoms with Crippen LogP contribution in [-0.4, -0.2) is 12.2 Å². The third-order valence-corrected chi connectivity index (χ3v) is 6.10. The monoisotopic (exact) mass is 443 g/mol. The number of unbranched alkanes of at least 4 members (excludes halogenated alkanes) is 2. The fourth-order valence-electron chi connectivity index (χ4n) is 4.50. The maximum atomic E-state index is 12.7. The number of primary amides is 1. The molecule has 1 aliphatic rings. The molecule has 1 saturated carbocycles. The molecule has 0 saturated heterocycles. The second-order valence-corrected chi connectivity index (χ2v) is 7.93. The molecule has 0 aromatic carbocycles. The Hall–Kier alpha value is 0.0231. The zero-order valence-electron chi connectivity index (χ0n) is 17.8. The Kier molecular flexibility index (Phi) is 18.6. The number of ketones is 1. The Morgan fingerprint density at radius 2 is 1.42 bits per heavy atom. The normalized spacial score (nSPS) is 21.3. The van der Waals surface area contributed by atoms with E-state index in [4.69, 9.17) is 4.79 Å². The van der Waals surface area contributed by atoms with Gasteiger partial charge in [0.25, 0.3) is 0 Å². The molecule has 0 bridgehead atoms. The van der Waals surface area contributed by atoms with E-state index in [0.717, 1.165) is 24.7 Å². The first-order valence-corrected chi connectivity index (χ1v) is 10.7. The van der Waals surface area contributed by atoms with Crippen LogP contribution in [0.4, 0.5) is 0 Å². The number of nitrogens with two attached hydrogens (primary N) is 1. The van der Waals surface area contributed by atoms with Crippen LogP contribution in [-0.2, 0) is 35.8 Å². The predicted octanol–water partition coefficient (Wildman–Crippen LogP) is 6.04. The molecule has 0 aromatic heterocycles. The van der Waals surface area contributed by atoms with Crippen molar-refractivity contribution < 1.29 is 35.8 Å². The smallest absolute Gasteiger partial charge is 0.204 e. The summed E-state index contributed by atoms with van der Waals surface area (Å²) in [7, 11) is 0. The van der Waals surface area contributed by atoms with Crippen molar-refractivity contribution in [1.29, 1.82) is 0 Å². The minimum Gasteiger partial charge on any atom is -0.372 e. The molecule has 0 aromatic rings. The Morgan fingerprint density at radius 3 is 1.69 bits per heavy atom. The molecule has 0 aliphatic heterocycles. The molecule has 152 valence electrons. The molecule has 1 rings (SSSR count). The minimum atomic E-state index is 0. The van der Waals surface area contributed by atoms with Gasteiger partial charge >= 0.3 is 0 Å². The third kappa shape index (κ3) is 10.4. The molecular weight excluding hydrogens is 401 g/mol. The number of hydrogen-bond donors (Lipinski definition) is 1. The summed E-state index contributed by atoms with van der Waals surface area (Å²) in [6, 6.07) is 0. The summed E-state index contributed by atoms with van der Waals surface area (Å²) in [5.74, 6) is 2.15. The molecule has 2 N–H and O–H groups in total. The molecule has 3 nitrogen and oxygen atoms in total. The first-order valence-electron chi connectivity index (χ1n) is 10.7. The molecule has 4 heteroatoms. The summed E-state index contributed by atoms with van der Waals surface area (Å²) in [5.41, 5.74) is 4.23. The van der Waals surface area contributed by atoms with E-state index in [1.807, 2.05) is 0 Å². The molecule has 0 heterocycles. The van der Waals surface area contributed by atoms with Gasteiger partial charge in [-0.2, -0.15) is 0 Å². The van der Waals surface area contributed by atoms with Crippen LogP contribution in [0.1, 0.15) is 111 Å². The quantitative estimate of drug-likeness (QED) is 0.373. The van der Waals surface area contributed by atoms with Gasteiger partial charge in [-0.05, 0) is 37.5 Å². The average Bonchev–Trinajstić information content (AvgIpc) is 2.96. The van der Waals surface area contributed by atoms with Crippen LogP contribution >= 0.6 is 0 Å². The van der Waals surface area contributed by atoms with E-state index in [2.05, 4.69) is 33.4 Å². The molecule has 2 unspecified atom stereocenters. The van der Waals surface area contributed by atoms with E-state index in [1.54, 1.807) is 0 Å². The summed E-state index contributed by atoms with van der Waals surface area (Å²) in [6.45, 7) is 9.20. The van der Waals surface area contributed by atoms with Crippen molar-refractivity contribution in [3.05, 3.63) is 0 Å². The Bertz CT molecular complexity index is 342. The van der Waals surface area contributed by atoms with E-state index in [1.165, 1.54) is 70.6 Å². The van der Waals surface area contributed by atoms with Crippen molar-refractivity contribution >= 4 is 12.2 Å². The second kappa shape index (κ2) is 17.1. The molecular formula is C22H43NO2Zr. The van der Waals surface area contributed by atoms with Gasteiger partial charge in [-0.1, -0.05) is 79.1 Å². The topological polar surface area (TPSA) is 60.2 Å². The van der Waals surface area contributed by atoms with Crippen LogP contribution < -0.4 is 5.73 Å². The van der Waals surface area contributed by atoms with Crippen LogP contribution in [0.5, 0.6) is 0 Å². The fourth-order valence-corrected chi connectivity index (χ4v) is 4.50. The maximum absolute atomic E-state index is 12.7. The van der Waals surface area contributed by atoms with Gasteiger partial charge in [0.05, 0.1) is 0 Å². The first-order chi connectivity index (χ1) is 12.0. The Balaban J connectivity index is 0. The molecule has 1 aliphatic carbocycles. The van der Waals surface area contributed by atoms with E-state index in [-0.39, 0.29) is 38.0 Å². The van der Waals surface area contributed by atoms with Crippen molar-refractivity contribution in [1.82, 2.24) is 0 Å². The predicted molar refractivity (Wildman–Crippen MR) is 107 cm³/mol. The summed E-state index contributed by atoms with van der Waals surface area (Å²) in [4.78, 5) is 21.3. The van der Waals surface area contributed by atoms with Crippen molar-refractivity contribution in [2.45, 2.75) is 111 Å².